The van der Waals surface area contributed by atoms with Gasteiger partial charge in [-0.3, -0.25) is 0 Å². The Kier molecular flexibility index (Phi) is 4.37. The fourth-order valence-electron chi connectivity index (χ4n) is 1.81. The van der Waals surface area contributed by atoms with Crippen LogP contribution in [0.5, 0.6) is 0 Å². The summed E-state index contributed by atoms with van der Waals surface area (Å²) in [6.45, 7) is 1.88. The van der Waals surface area contributed by atoms with Crippen LogP contribution >= 0.6 is 0 Å². The average Bonchev–Trinajstić information content (AvgIpc) is 2.43. The van der Waals surface area contributed by atoms with Gasteiger partial charge in [0.05, 0.1) is 29.2 Å². The van der Waals surface area contributed by atoms with Gasteiger partial charge >= 0.3 is 5.97 Å². The third-order valence-electron chi connectivity index (χ3n) is 2.78. The van der Waals surface area contributed by atoms with Crippen molar-refractivity contribution in [3.05, 3.63) is 53.6 Å². The van der Waals surface area contributed by atoms with E-state index in [0.717, 1.165) is 12.1 Å². The second-order valence-corrected chi connectivity index (χ2v) is 4.24. The SMILES string of the molecule is CCOC(=O)c1cccc(N)c1Nc1ccc(F)cc1F. The standard InChI is InChI=1S/C15H14F2N2O2/c1-2-21-15(20)10-4-3-5-12(18)14(10)19-13-7-6-9(16)8-11(13)17/h3-8,19H,2,18H2,1H3. The van der Waals surface area contributed by atoms with Gasteiger partial charge in [0.2, 0.25) is 0 Å². The highest BCUT2D eigenvalue weighted by molar-refractivity contribution is 5.99. The van der Waals surface area contributed by atoms with E-state index in [-0.39, 0.29) is 29.2 Å². The van der Waals surface area contributed by atoms with Crippen LogP contribution in [0.2, 0.25) is 0 Å². The molecule has 0 aliphatic carbocycles. The van der Waals surface area contributed by atoms with Crippen molar-refractivity contribution in [3.8, 4) is 0 Å². The first-order chi connectivity index (χ1) is 10.0. The van der Waals surface area contributed by atoms with Crippen LogP contribution in [0.1, 0.15) is 17.3 Å². The van der Waals surface area contributed by atoms with Crippen molar-refractivity contribution in [2.75, 3.05) is 17.7 Å². The second kappa shape index (κ2) is 6.21. The number of nitrogen functional groups attached to an aromatic ring is 1. The van der Waals surface area contributed by atoms with Gasteiger partial charge in [0, 0.05) is 6.07 Å². The number of nitrogens with two attached hydrogens (primary N) is 1. The minimum absolute atomic E-state index is 0.0137. The molecule has 2 rings (SSSR count). The molecule has 0 radical (unpaired) electrons. The van der Waals surface area contributed by atoms with E-state index in [1.54, 1.807) is 19.1 Å². The molecule has 2 aromatic rings. The quantitative estimate of drug-likeness (QED) is 0.669. The minimum Gasteiger partial charge on any atom is -0.462 e. The lowest BCUT2D eigenvalue weighted by Crippen LogP contribution is -2.10. The molecule has 0 bridgehead atoms. The molecule has 4 nitrogen and oxygen atoms in total. The van der Waals surface area contributed by atoms with Crippen LogP contribution in [0.15, 0.2) is 36.4 Å². The highest BCUT2D eigenvalue weighted by Crippen LogP contribution is 2.29. The Morgan fingerprint density at radius 3 is 2.71 bits per heavy atom. The molecule has 0 atom stereocenters. The Morgan fingerprint density at radius 1 is 1.29 bits per heavy atom. The van der Waals surface area contributed by atoms with Crippen molar-refractivity contribution in [1.82, 2.24) is 0 Å². The van der Waals surface area contributed by atoms with Gasteiger partial charge in [0.25, 0.3) is 0 Å². The zero-order valence-corrected chi connectivity index (χ0v) is 11.3. The molecule has 0 spiro atoms. The fourth-order valence-corrected chi connectivity index (χ4v) is 1.81. The van der Waals surface area contributed by atoms with Gasteiger partial charge in [0.1, 0.15) is 11.6 Å². The summed E-state index contributed by atoms with van der Waals surface area (Å²) in [5.41, 5.74) is 6.49. The van der Waals surface area contributed by atoms with Crippen molar-refractivity contribution < 1.29 is 18.3 Å². The van der Waals surface area contributed by atoms with E-state index in [1.807, 2.05) is 0 Å². The number of hydrogen-bond acceptors (Lipinski definition) is 4. The Balaban J connectivity index is 2.41. The zero-order valence-electron chi connectivity index (χ0n) is 11.3. The van der Waals surface area contributed by atoms with Crippen LogP contribution < -0.4 is 11.1 Å². The summed E-state index contributed by atoms with van der Waals surface area (Å²) >= 11 is 0. The third-order valence-corrected chi connectivity index (χ3v) is 2.78. The molecule has 0 saturated heterocycles. The van der Waals surface area contributed by atoms with Gasteiger partial charge in [-0.05, 0) is 31.2 Å². The zero-order chi connectivity index (χ0) is 15.4. The first-order valence-electron chi connectivity index (χ1n) is 6.30. The fraction of sp³-hybridized carbons (Fsp3) is 0.133. The van der Waals surface area contributed by atoms with Gasteiger partial charge in [0.15, 0.2) is 0 Å². The van der Waals surface area contributed by atoms with Gasteiger partial charge in [-0.15, -0.1) is 0 Å². The number of rotatable bonds is 4. The average molecular weight is 292 g/mol. The van der Waals surface area contributed by atoms with E-state index < -0.39 is 17.6 Å². The summed E-state index contributed by atoms with van der Waals surface area (Å²) in [5.74, 6) is -2.05. The maximum Gasteiger partial charge on any atom is 0.340 e. The Hall–Kier alpha value is -2.63. The van der Waals surface area contributed by atoms with E-state index in [2.05, 4.69) is 5.32 Å². The van der Waals surface area contributed by atoms with Gasteiger partial charge in [-0.2, -0.15) is 0 Å². The maximum atomic E-state index is 13.7. The highest BCUT2D eigenvalue weighted by Gasteiger charge is 2.16. The Bertz CT molecular complexity index is 675. The number of hydrogen-bond donors (Lipinski definition) is 2. The van der Waals surface area contributed by atoms with Crippen LogP contribution in [-0.2, 0) is 4.74 Å². The monoisotopic (exact) mass is 292 g/mol. The van der Waals surface area contributed by atoms with Crippen molar-refractivity contribution in [1.29, 1.82) is 0 Å². The summed E-state index contributed by atoms with van der Waals surface area (Å²) in [7, 11) is 0. The number of carbonyl (C=O) groups is 1. The molecule has 110 valence electrons. The van der Waals surface area contributed by atoms with Crippen LogP contribution in [-0.4, -0.2) is 12.6 Å². The molecule has 2 aromatic carbocycles. The first kappa shape index (κ1) is 14.8. The van der Waals surface area contributed by atoms with E-state index in [1.165, 1.54) is 12.1 Å². The molecule has 0 saturated carbocycles. The van der Waals surface area contributed by atoms with Crippen molar-refractivity contribution in [2.24, 2.45) is 0 Å². The lowest BCUT2D eigenvalue weighted by Gasteiger charge is -2.14. The molecule has 0 heterocycles. The number of ether oxygens (including phenoxy) is 1. The molecule has 0 fully saturated rings. The number of esters is 1. The van der Waals surface area contributed by atoms with E-state index in [4.69, 9.17) is 10.5 Å². The number of benzene rings is 2. The summed E-state index contributed by atoms with van der Waals surface area (Å²) < 4.78 is 31.5. The number of nitrogens with one attached hydrogen (secondary N) is 1. The Morgan fingerprint density at radius 2 is 2.05 bits per heavy atom. The largest absolute Gasteiger partial charge is 0.462 e. The smallest absolute Gasteiger partial charge is 0.340 e. The van der Waals surface area contributed by atoms with Gasteiger partial charge in [-0.25, -0.2) is 13.6 Å². The maximum absolute atomic E-state index is 13.7. The predicted octanol–water partition coefficient (Wildman–Crippen LogP) is 3.47. The minimum atomic E-state index is -0.784. The van der Waals surface area contributed by atoms with E-state index in [0.29, 0.717) is 0 Å². The second-order valence-electron chi connectivity index (χ2n) is 4.24. The molecule has 0 aliphatic heterocycles. The molecule has 21 heavy (non-hydrogen) atoms. The molecule has 0 unspecified atom stereocenters. The summed E-state index contributed by atoms with van der Waals surface area (Å²) in [6, 6.07) is 7.74. The number of carbonyl (C=O) groups excluding carboxylic acids is 1. The predicted molar refractivity (Wildman–Crippen MR) is 76.5 cm³/mol. The summed E-state index contributed by atoms with van der Waals surface area (Å²) in [5, 5.41) is 2.71. The summed E-state index contributed by atoms with van der Waals surface area (Å²) in [4.78, 5) is 11.9. The molecular formula is C15H14F2N2O2. The van der Waals surface area contributed by atoms with Crippen molar-refractivity contribution in [3.63, 3.8) is 0 Å². The topological polar surface area (TPSA) is 64.3 Å². The van der Waals surface area contributed by atoms with Crippen LogP contribution in [0.3, 0.4) is 0 Å². The summed E-state index contributed by atoms with van der Waals surface area (Å²) in [6.07, 6.45) is 0. The highest BCUT2D eigenvalue weighted by atomic mass is 19.1. The van der Waals surface area contributed by atoms with Crippen LogP contribution in [0.4, 0.5) is 25.8 Å². The molecule has 0 aromatic heterocycles. The molecule has 0 amide bonds. The molecule has 0 aliphatic rings. The van der Waals surface area contributed by atoms with E-state index in [9.17, 15) is 13.6 Å². The molecule has 3 N–H and O–H groups in total. The van der Waals surface area contributed by atoms with Gasteiger partial charge < -0.3 is 15.8 Å². The van der Waals surface area contributed by atoms with Crippen molar-refractivity contribution in [2.45, 2.75) is 6.92 Å². The molecular weight excluding hydrogens is 278 g/mol. The number of anilines is 3. The van der Waals surface area contributed by atoms with Gasteiger partial charge in [-0.1, -0.05) is 6.07 Å². The van der Waals surface area contributed by atoms with Crippen molar-refractivity contribution >= 4 is 23.0 Å². The number of halogens is 2. The lowest BCUT2D eigenvalue weighted by atomic mass is 10.1. The normalized spacial score (nSPS) is 10.2. The lowest BCUT2D eigenvalue weighted by molar-refractivity contribution is 0.0527. The van der Waals surface area contributed by atoms with E-state index >= 15 is 0 Å². The van der Waals surface area contributed by atoms with Crippen LogP contribution in [0, 0.1) is 11.6 Å². The third kappa shape index (κ3) is 3.28. The first-order valence-corrected chi connectivity index (χ1v) is 6.30. The Labute approximate surface area is 120 Å². The number of para-hydroxylation sites is 1. The van der Waals surface area contributed by atoms with Crippen LogP contribution in [0.25, 0.3) is 0 Å². The molecule has 6 heteroatoms.